The number of hydrogen-bond acceptors (Lipinski definition) is 4. The lowest BCUT2D eigenvalue weighted by Crippen LogP contribution is -2.38. The minimum Gasteiger partial charge on any atom is -0.449 e. The van der Waals surface area contributed by atoms with E-state index in [0.717, 1.165) is 28.1 Å². The molecule has 0 aliphatic carbocycles. The maximum absolute atomic E-state index is 12.8. The molecular weight excluding hydrogens is 390 g/mol. The molecule has 160 valence electrons. The summed E-state index contributed by atoms with van der Waals surface area (Å²) in [6, 6.07) is 19.0. The van der Waals surface area contributed by atoms with Gasteiger partial charge in [-0.2, -0.15) is 5.10 Å². The van der Waals surface area contributed by atoms with Gasteiger partial charge in [0.05, 0.1) is 11.7 Å². The fourth-order valence-corrected chi connectivity index (χ4v) is 3.36. The third-order valence-electron chi connectivity index (χ3n) is 5.17. The highest BCUT2D eigenvalue weighted by atomic mass is 16.5. The second kappa shape index (κ2) is 9.89. The normalized spacial score (nSPS) is 12.2. The molecule has 1 atom stereocenters. The Kier molecular flexibility index (Phi) is 7.03. The molecule has 0 unspecified atom stereocenters. The van der Waals surface area contributed by atoms with Gasteiger partial charge in [0.2, 0.25) is 0 Å². The Labute approximate surface area is 182 Å². The SMILES string of the molecule is Cc1nn(C)c(C)c1/C=C/C(=O)O[C@@H](C)C(=O)NC(c1ccccc1)c1ccccc1. The second-order valence-electron chi connectivity index (χ2n) is 7.38. The molecule has 0 saturated heterocycles. The van der Waals surface area contributed by atoms with Crippen molar-refractivity contribution >= 4 is 18.0 Å². The molecule has 6 nitrogen and oxygen atoms in total. The van der Waals surface area contributed by atoms with Crippen LogP contribution in [-0.4, -0.2) is 27.8 Å². The van der Waals surface area contributed by atoms with Crippen molar-refractivity contribution in [2.45, 2.75) is 32.9 Å². The topological polar surface area (TPSA) is 73.2 Å². The van der Waals surface area contributed by atoms with Crippen LogP contribution in [0.3, 0.4) is 0 Å². The van der Waals surface area contributed by atoms with Gasteiger partial charge in [0.15, 0.2) is 6.10 Å². The van der Waals surface area contributed by atoms with Crippen LogP contribution in [0.1, 0.15) is 41.0 Å². The van der Waals surface area contributed by atoms with Crippen LogP contribution < -0.4 is 5.32 Å². The van der Waals surface area contributed by atoms with Crippen molar-refractivity contribution in [2.24, 2.45) is 7.05 Å². The number of hydrogen-bond donors (Lipinski definition) is 1. The fraction of sp³-hybridized carbons (Fsp3) is 0.240. The summed E-state index contributed by atoms with van der Waals surface area (Å²) in [5.74, 6) is -0.950. The zero-order valence-electron chi connectivity index (χ0n) is 18.2. The number of benzene rings is 2. The lowest BCUT2D eigenvalue weighted by Gasteiger charge is -2.22. The maximum Gasteiger partial charge on any atom is 0.331 e. The molecular formula is C25H27N3O3. The average Bonchev–Trinajstić information content (AvgIpc) is 3.02. The van der Waals surface area contributed by atoms with Gasteiger partial charge in [-0.25, -0.2) is 4.79 Å². The first-order valence-electron chi connectivity index (χ1n) is 10.2. The third-order valence-corrected chi connectivity index (χ3v) is 5.17. The lowest BCUT2D eigenvalue weighted by atomic mass is 9.98. The number of esters is 1. The summed E-state index contributed by atoms with van der Waals surface area (Å²) in [5.41, 5.74) is 4.53. The Bertz CT molecular complexity index is 1030. The quantitative estimate of drug-likeness (QED) is 0.468. The van der Waals surface area contributed by atoms with E-state index in [9.17, 15) is 9.59 Å². The maximum atomic E-state index is 12.8. The van der Waals surface area contributed by atoms with Crippen LogP contribution in [0.5, 0.6) is 0 Å². The van der Waals surface area contributed by atoms with E-state index in [1.54, 1.807) is 17.7 Å². The summed E-state index contributed by atoms with van der Waals surface area (Å²) >= 11 is 0. The Hall–Kier alpha value is -3.67. The number of ether oxygens (including phenoxy) is 1. The minimum atomic E-state index is -0.942. The molecule has 1 N–H and O–H groups in total. The van der Waals surface area contributed by atoms with E-state index in [4.69, 9.17) is 4.74 Å². The van der Waals surface area contributed by atoms with Crippen molar-refractivity contribution in [1.82, 2.24) is 15.1 Å². The van der Waals surface area contributed by atoms with E-state index in [0.29, 0.717) is 0 Å². The number of amides is 1. The summed E-state index contributed by atoms with van der Waals surface area (Å²) in [7, 11) is 1.85. The molecule has 6 heteroatoms. The van der Waals surface area contributed by atoms with Crippen LogP contribution in [0.25, 0.3) is 6.08 Å². The van der Waals surface area contributed by atoms with Crippen LogP contribution >= 0.6 is 0 Å². The van der Waals surface area contributed by atoms with E-state index in [-0.39, 0.29) is 11.9 Å². The third kappa shape index (κ3) is 5.48. The molecule has 0 radical (unpaired) electrons. The second-order valence-corrected chi connectivity index (χ2v) is 7.38. The summed E-state index contributed by atoms with van der Waals surface area (Å²) in [6.07, 6.45) is 2.05. The van der Waals surface area contributed by atoms with Gasteiger partial charge in [0.25, 0.3) is 5.91 Å². The van der Waals surface area contributed by atoms with Crippen LogP contribution in [0.15, 0.2) is 66.7 Å². The van der Waals surface area contributed by atoms with Gasteiger partial charge in [-0.15, -0.1) is 0 Å². The molecule has 0 bridgehead atoms. The Morgan fingerprint density at radius 1 is 1.00 bits per heavy atom. The first kappa shape index (κ1) is 22.0. The number of carbonyl (C=O) groups excluding carboxylic acids is 2. The number of rotatable bonds is 7. The van der Waals surface area contributed by atoms with Gasteiger partial charge in [0, 0.05) is 24.4 Å². The molecule has 1 heterocycles. The van der Waals surface area contributed by atoms with Gasteiger partial charge in [-0.3, -0.25) is 9.48 Å². The predicted molar refractivity (Wildman–Crippen MR) is 120 cm³/mol. The molecule has 0 aliphatic rings. The molecule has 1 amide bonds. The van der Waals surface area contributed by atoms with Crippen LogP contribution in [0.4, 0.5) is 0 Å². The van der Waals surface area contributed by atoms with E-state index < -0.39 is 12.1 Å². The number of nitrogens with one attached hydrogen (secondary N) is 1. The molecule has 2 aromatic carbocycles. The highest BCUT2D eigenvalue weighted by Gasteiger charge is 2.22. The summed E-state index contributed by atoms with van der Waals surface area (Å²) in [5, 5.41) is 7.31. The number of carbonyl (C=O) groups is 2. The molecule has 0 fully saturated rings. The monoisotopic (exact) mass is 417 g/mol. The van der Waals surface area contributed by atoms with E-state index >= 15 is 0 Å². The van der Waals surface area contributed by atoms with Crippen molar-refractivity contribution in [2.75, 3.05) is 0 Å². The fourth-order valence-electron chi connectivity index (χ4n) is 3.36. The molecule has 0 aliphatic heterocycles. The van der Waals surface area contributed by atoms with E-state index in [2.05, 4.69) is 10.4 Å². The van der Waals surface area contributed by atoms with Gasteiger partial charge in [-0.05, 0) is 38.0 Å². The van der Waals surface area contributed by atoms with Crippen LogP contribution in [-0.2, 0) is 21.4 Å². The Morgan fingerprint density at radius 3 is 2.03 bits per heavy atom. The van der Waals surface area contributed by atoms with E-state index in [1.807, 2.05) is 81.6 Å². The summed E-state index contributed by atoms with van der Waals surface area (Å²) < 4.78 is 7.08. The summed E-state index contributed by atoms with van der Waals surface area (Å²) in [4.78, 5) is 25.1. The van der Waals surface area contributed by atoms with Gasteiger partial charge < -0.3 is 10.1 Å². The number of aryl methyl sites for hydroxylation is 2. The Morgan fingerprint density at radius 2 is 1.55 bits per heavy atom. The largest absolute Gasteiger partial charge is 0.449 e. The Balaban J connectivity index is 1.68. The standard InChI is InChI=1S/C25H27N3O3/c1-17-22(18(2)28(4)27-17)15-16-23(29)31-19(3)25(30)26-24(20-11-7-5-8-12-20)21-13-9-6-10-14-21/h5-16,19,24H,1-4H3,(H,26,30)/b16-15+/t19-/m0/s1. The predicted octanol–water partition coefficient (Wildman–Crippen LogP) is 3.89. The zero-order valence-corrected chi connectivity index (χ0v) is 18.2. The van der Waals surface area contributed by atoms with Crippen molar-refractivity contribution < 1.29 is 14.3 Å². The van der Waals surface area contributed by atoms with Crippen molar-refractivity contribution in [3.63, 3.8) is 0 Å². The van der Waals surface area contributed by atoms with Crippen molar-refractivity contribution in [1.29, 1.82) is 0 Å². The summed E-state index contributed by atoms with van der Waals surface area (Å²) in [6.45, 7) is 5.37. The van der Waals surface area contributed by atoms with Crippen LogP contribution in [0, 0.1) is 13.8 Å². The number of nitrogens with zero attached hydrogens (tertiary/aromatic N) is 2. The highest BCUT2D eigenvalue weighted by molar-refractivity contribution is 5.90. The zero-order chi connectivity index (χ0) is 22.4. The van der Waals surface area contributed by atoms with Gasteiger partial charge in [-0.1, -0.05) is 60.7 Å². The molecule has 3 rings (SSSR count). The molecule has 0 saturated carbocycles. The van der Waals surface area contributed by atoms with E-state index in [1.165, 1.54) is 6.08 Å². The molecule has 0 spiro atoms. The highest BCUT2D eigenvalue weighted by Crippen LogP contribution is 2.22. The smallest absolute Gasteiger partial charge is 0.331 e. The minimum absolute atomic E-state index is 0.340. The first-order valence-corrected chi connectivity index (χ1v) is 10.2. The molecule has 31 heavy (non-hydrogen) atoms. The first-order chi connectivity index (χ1) is 14.9. The lowest BCUT2D eigenvalue weighted by molar-refractivity contribution is -0.150. The van der Waals surface area contributed by atoms with Gasteiger partial charge in [0.1, 0.15) is 0 Å². The molecule has 3 aromatic rings. The van der Waals surface area contributed by atoms with Crippen LogP contribution in [0.2, 0.25) is 0 Å². The average molecular weight is 418 g/mol. The van der Waals surface area contributed by atoms with Crippen molar-refractivity contribution in [3.05, 3.63) is 94.8 Å². The van der Waals surface area contributed by atoms with Gasteiger partial charge >= 0.3 is 5.97 Å². The number of aromatic nitrogens is 2. The molecule has 1 aromatic heterocycles. The van der Waals surface area contributed by atoms with Crippen molar-refractivity contribution in [3.8, 4) is 0 Å².